The summed E-state index contributed by atoms with van der Waals surface area (Å²) in [6.45, 7) is 4.63. The lowest BCUT2D eigenvalue weighted by Crippen LogP contribution is -2.29. The normalized spacial score (nSPS) is 17.0. The van der Waals surface area contributed by atoms with Crippen molar-refractivity contribution in [2.75, 3.05) is 6.61 Å². The summed E-state index contributed by atoms with van der Waals surface area (Å²) in [4.78, 5) is 32.0. The number of unbranched alkanes of at least 4 members (excludes halogenated alkanes) is 1. The Balaban J connectivity index is 1.81. The second kappa shape index (κ2) is 11.1. The number of ketones is 1. The molecule has 2 heterocycles. The van der Waals surface area contributed by atoms with Crippen LogP contribution < -0.4 is 4.74 Å². The molecule has 0 radical (unpaired) electrons. The van der Waals surface area contributed by atoms with Crippen LogP contribution in [0.15, 0.2) is 66.5 Å². The maximum absolute atomic E-state index is 13.3. The van der Waals surface area contributed by atoms with Crippen LogP contribution in [0.4, 0.5) is 0 Å². The van der Waals surface area contributed by atoms with Crippen molar-refractivity contribution in [3.63, 3.8) is 0 Å². The predicted octanol–water partition coefficient (Wildman–Crippen LogP) is 6.50. The number of rotatable bonds is 8. The molecule has 0 saturated carbocycles. The number of Topliss-reactive ketones (excluding diaryl/α,β-unsaturated/α-hetero) is 1. The molecule has 0 bridgehead atoms. The van der Waals surface area contributed by atoms with Gasteiger partial charge in [-0.2, -0.15) is 0 Å². The number of hydrogen-bond donors (Lipinski definition) is 1. The summed E-state index contributed by atoms with van der Waals surface area (Å²) in [6.07, 6.45) is 5.22. The zero-order chi connectivity index (χ0) is 25.8. The summed E-state index contributed by atoms with van der Waals surface area (Å²) in [5, 5.41) is 12.0. The summed E-state index contributed by atoms with van der Waals surface area (Å²) in [6, 6.07) is 12.9. The number of amides is 1. The van der Waals surface area contributed by atoms with Crippen LogP contribution in [0.2, 0.25) is 10.0 Å². The molecular weight excluding hydrogens is 499 g/mol. The van der Waals surface area contributed by atoms with Crippen molar-refractivity contribution in [1.29, 1.82) is 0 Å². The number of aryl methyl sites for hydroxylation is 1. The largest absolute Gasteiger partial charge is 0.507 e. The smallest absolute Gasteiger partial charge is 0.295 e. The van der Waals surface area contributed by atoms with E-state index in [9.17, 15) is 14.7 Å². The van der Waals surface area contributed by atoms with E-state index < -0.39 is 17.7 Å². The van der Waals surface area contributed by atoms with Gasteiger partial charge >= 0.3 is 0 Å². The average molecular weight is 525 g/mol. The Morgan fingerprint density at radius 2 is 1.92 bits per heavy atom. The van der Waals surface area contributed by atoms with Gasteiger partial charge < -0.3 is 14.7 Å². The number of benzene rings is 2. The molecule has 0 spiro atoms. The molecule has 1 aromatic heterocycles. The van der Waals surface area contributed by atoms with Crippen molar-refractivity contribution in [1.82, 2.24) is 9.88 Å². The van der Waals surface area contributed by atoms with Crippen molar-refractivity contribution in [2.45, 2.75) is 39.3 Å². The highest BCUT2D eigenvalue weighted by Gasteiger charge is 2.46. The second-order valence-corrected chi connectivity index (χ2v) is 9.45. The summed E-state index contributed by atoms with van der Waals surface area (Å²) in [7, 11) is 0. The lowest BCUT2D eigenvalue weighted by atomic mass is 9.93. The van der Waals surface area contributed by atoms with E-state index in [0.717, 1.165) is 18.4 Å². The maximum Gasteiger partial charge on any atom is 0.295 e. The number of aliphatic hydroxyl groups is 1. The van der Waals surface area contributed by atoms with E-state index >= 15 is 0 Å². The topological polar surface area (TPSA) is 79.7 Å². The molecule has 8 heteroatoms. The van der Waals surface area contributed by atoms with Crippen LogP contribution in [0.25, 0.3) is 5.76 Å². The van der Waals surface area contributed by atoms with Crippen LogP contribution in [0.3, 0.4) is 0 Å². The number of aromatic nitrogens is 1. The molecule has 6 nitrogen and oxygen atoms in total. The number of aliphatic hydroxyl groups excluding tert-OH is 1. The SMILES string of the molecule is CCCCOc1ccc(C(O)=C2C(=O)C(=O)N(Cc3cccnc3)[C@@H]2c2ccc(Cl)c(Cl)c2)c(C)c1. The highest BCUT2D eigenvalue weighted by Crippen LogP contribution is 2.42. The lowest BCUT2D eigenvalue weighted by molar-refractivity contribution is -0.140. The molecule has 4 rings (SSSR count). The monoisotopic (exact) mass is 524 g/mol. The van der Waals surface area contributed by atoms with Gasteiger partial charge in [0.1, 0.15) is 11.5 Å². The van der Waals surface area contributed by atoms with Gasteiger partial charge in [0.25, 0.3) is 11.7 Å². The molecule has 0 unspecified atom stereocenters. The zero-order valence-corrected chi connectivity index (χ0v) is 21.5. The Hall–Kier alpha value is -3.35. The van der Waals surface area contributed by atoms with E-state index in [2.05, 4.69) is 11.9 Å². The van der Waals surface area contributed by atoms with Gasteiger partial charge in [0.05, 0.1) is 28.3 Å². The van der Waals surface area contributed by atoms with Gasteiger partial charge in [0.15, 0.2) is 0 Å². The first-order chi connectivity index (χ1) is 17.3. The first kappa shape index (κ1) is 25.7. The fourth-order valence-electron chi connectivity index (χ4n) is 4.23. The molecule has 0 aliphatic carbocycles. The van der Waals surface area contributed by atoms with E-state index in [1.54, 1.807) is 48.8 Å². The van der Waals surface area contributed by atoms with Crippen LogP contribution in [0.5, 0.6) is 5.75 Å². The van der Waals surface area contributed by atoms with Gasteiger partial charge in [0, 0.05) is 24.5 Å². The minimum atomic E-state index is -0.861. The summed E-state index contributed by atoms with van der Waals surface area (Å²) in [5.41, 5.74) is 2.46. The lowest BCUT2D eigenvalue weighted by Gasteiger charge is -2.25. The van der Waals surface area contributed by atoms with Crippen molar-refractivity contribution >= 4 is 40.7 Å². The molecule has 1 fully saturated rings. The van der Waals surface area contributed by atoms with Gasteiger partial charge in [-0.25, -0.2) is 0 Å². The van der Waals surface area contributed by atoms with Crippen molar-refractivity contribution in [2.24, 2.45) is 0 Å². The van der Waals surface area contributed by atoms with Gasteiger partial charge in [-0.1, -0.05) is 48.7 Å². The third-order valence-electron chi connectivity index (χ3n) is 6.09. The fourth-order valence-corrected chi connectivity index (χ4v) is 4.54. The molecule has 2 aromatic carbocycles. The first-order valence-electron chi connectivity index (χ1n) is 11.7. The number of hydrogen-bond acceptors (Lipinski definition) is 5. The number of carbonyl (C=O) groups is 2. The van der Waals surface area contributed by atoms with Crippen LogP contribution >= 0.6 is 23.2 Å². The molecule has 186 valence electrons. The number of ether oxygens (including phenoxy) is 1. The standard InChI is InChI=1S/C28H26Cl2N2O4/c1-3-4-12-36-20-8-9-21(17(2)13-20)26(33)24-25(19-7-10-22(29)23(30)14-19)32(28(35)27(24)34)16-18-6-5-11-31-15-18/h5-11,13-15,25,33H,3-4,12,16H2,1-2H3/t25-/m1/s1. The van der Waals surface area contributed by atoms with Crippen molar-refractivity contribution in [3.8, 4) is 5.75 Å². The van der Waals surface area contributed by atoms with Crippen molar-refractivity contribution in [3.05, 3.63) is 98.8 Å². The maximum atomic E-state index is 13.3. The highest BCUT2D eigenvalue weighted by molar-refractivity contribution is 6.46. The van der Waals surface area contributed by atoms with Gasteiger partial charge in [0.2, 0.25) is 0 Å². The first-order valence-corrected chi connectivity index (χ1v) is 12.4. The Morgan fingerprint density at radius 1 is 1.11 bits per heavy atom. The van der Waals surface area contributed by atoms with E-state index in [1.165, 1.54) is 4.90 Å². The number of halogens is 2. The van der Waals surface area contributed by atoms with Crippen LogP contribution in [0, 0.1) is 6.92 Å². The average Bonchev–Trinajstić information content (AvgIpc) is 3.11. The molecule has 3 aromatic rings. The molecule has 1 aliphatic rings. The molecule has 1 saturated heterocycles. The summed E-state index contributed by atoms with van der Waals surface area (Å²) >= 11 is 12.4. The fraction of sp³-hybridized carbons (Fsp3) is 0.250. The molecule has 1 atom stereocenters. The number of carbonyl (C=O) groups excluding carboxylic acids is 2. The Kier molecular flexibility index (Phi) is 7.97. The van der Waals surface area contributed by atoms with Crippen LogP contribution in [-0.2, 0) is 16.1 Å². The number of pyridine rings is 1. The molecule has 36 heavy (non-hydrogen) atoms. The van der Waals surface area contributed by atoms with Gasteiger partial charge in [-0.3, -0.25) is 14.6 Å². The van der Waals surface area contributed by atoms with E-state index in [0.29, 0.717) is 34.1 Å². The summed E-state index contributed by atoms with van der Waals surface area (Å²) < 4.78 is 5.76. The molecular formula is C28H26Cl2N2O4. The highest BCUT2D eigenvalue weighted by atomic mass is 35.5. The Labute approximate surface area is 220 Å². The quantitative estimate of drug-likeness (QED) is 0.157. The van der Waals surface area contributed by atoms with E-state index in [-0.39, 0.29) is 22.9 Å². The second-order valence-electron chi connectivity index (χ2n) is 8.64. The number of nitrogens with zero attached hydrogens (tertiary/aromatic N) is 2. The van der Waals surface area contributed by atoms with E-state index in [1.807, 2.05) is 19.1 Å². The van der Waals surface area contributed by atoms with Gasteiger partial charge in [-0.05, 0) is 66.4 Å². The Bertz CT molecular complexity index is 1320. The van der Waals surface area contributed by atoms with Crippen LogP contribution in [-0.4, -0.2) is 33.3 Å². The minimum absolute atomic E-state index is 0.00923. The van der Waals surface area contributed by atoms with E-state index in [4.69, 9.17) is 27.9 Å². The Morgan fingerprint density at radius 3 is 2.58 bits per heavy atom. The number of likely N-dealkylation sites (tertiary alicyclic amines) is 1. The minimum Gasteiger partial charge on any atom is -0.507 e. The molecule has 1 aliphatic heterocycles. The third kappa shape index (κ3) is 5.25. The van der Waals surface area contributed by atoms with Crippen molar-refractivity contribution < 1.29 is 19.4 Å². The zero-order valence-electron chi connectivity index (χ0n) is 20.0. The predicted molar refractivity (Wildman–Crippen MR) is 140 cm³/mol. The summed E-state index contributed by atoms with van der Waals surface area (Å²) in [5.74, 6) is -1.06. The molecule has 1 amide bonds. The third-order valence-corrected chi connectivity index (χ3v) is 6.83. The molecule has 1 N–H and O–H groups in total. The van der Waals surface area contributed by atoms with Gasteiger partial charge in [-0.15, -0.1) is 0 Å². The van der Waals surface area contributed by atoms with Crippen LogP contribution in [0.1, 0.15) is 48.1 Å².